The molecule has 0 bridgehead atoms. The number of nitrogens with zero attached hydrogens (tertiary/aromatic N) is 2. The summed E-state index contributed by atoms with van der Waals surface area (Å²) in [6.45, 7) is 3.12. The van der Waals surface area contributed by atoms with Crippen LogP contribution in [0.4, 0.5) is 5.82 Å². The van der Waals surface area contributed by atoms with Crippen LogP contribution < -0.4 is 11.4 Å². The molecule has 19 heteroatoms. The van der Waals surface area contributed by atoms with E-state index in [1.807, 2.05) is 0 Å². The monoisotopic (exact) mass is 912 g/mol. The van der Waals surface area contributed by atoms with E-state index in [0.717, 1.165) is 49.5 Å². The van der Waals surface area contributed by atoms with Crippen molar-refractivity contribution >= 4 is 27.4 Å². The molecule has 0 aromatic carbocycles. The van der Waals surface area contributed by atoms with Gasteiger partial charge in [-0.2, -0.15) is 9.29 Å². The minimum absolute atomic E-state index is 0.0833. The number of aliphatic hydroxyl groups is 2. The molecule has 0 amide bonds. The van der Waals surface area contributed by atoms with E-state index in [1.54, 1.807) is 0 Å². The summed E-state index contributed by atoms with van der Waals surface area (Å²) in [5.41, 5.74) is 4.61. The molecule has 2 heterocycles. The van der Waals surface area contributed by atoms with Crippen LogP contribution in [0.1, 0.15) is 187 Å². The number of aliphatic hydroxyl groups excluding tert-OH is 2. The Morgan fingerprint density at radius 2 is 1.21 bits per heavy atom. The summed E-state index contributed by atoms with van der Waals surface area (Å²) in [5, 5.41) is 20.9. The largest absolute Gasteiger partial charge is 0.481 e. The van der Waals surface area contributed by atoms with Crippen molar-refractivity contribution < 1.29 is 61.5 Å². The zero-order chi connectivity index (χ0) is 44.8. The zero-order valence-corrected chi connectivity index (χ0v) is 38.8. The molecular weight excluding hydrogens is 832 g/mol. The molecule has 61 heavy (non-hydrogen) atoms. The molecule has 0 spiro atoms. The third kappa shape index (κ3) is 26.0. The number of unbranched alkanes of at least 4 members (excludes halogenated alkanes) is 23. The minimum atomic E-state index is -5.35. The Hall–Kier alpha value is -1.75. The fourth-order valence-corrected chi connectivity index (χ4v) is 9.26. The molecule has 0 saturated carbocycles. The minimum Gasteiger partial charge on any atom is -0.457 e. The molecule has 6 N–H and O–H groups in total. The van der Waals surface area contributed by atoms with E-state index in [2.05, 4.69) is 23.1 Å². The van der Waals surface area contributed by atoms with Gasteiger partial charge in [-0.3, -0.25) is 18.4 Å². The van der Waals surface area contributed by atoms with Crippen LogP contribution in [-0.2, 0) is 41.5 Å². The standard InChI is InChI=1S/C42H79N3O14P2/c1-3-5-7-9-11-13-15-17-18-20-22-24-26-28-38(46)57-35(32-54-31-27-25-23-21-19-16-14-12-10-8-6-4-2)33-55-60(50,51)59-61(52,53)56-34-36-39(47)40(48)41(58-36)45-30-29-37(43)44-42(45)49/h29-30,35-36,39-41,47-48H,3-28,31-34H2,1-2H3,(H,50,51)(H,52,53)(H2,43,44,49)/t35?,36-,39-,40+,41?/m1/s1. The van der Waals surface area contributed by atoms with Gasteiger partial charge in [-0.1, -0.05) is 162 Å². The second-order valence-electron chi connectivity index (χ2n) is 16.3. The average Bonchev–Trinajstić information content (AvgIpc) is 3.49. The number of hydrogen-bond acceptors (Lipinski definition) is 14. The first-order valence-electron chi connectivity index (χ1n) is 23.1. The van der Waals surface area contributed by atoms with Crippen molar-refractivity contribution in [2.24, 2.45) is 0 Å². The van der Waals surface area contributed by atoms with Gasteiger partial charge in [0.1, 0.15) is 30.2 Å². The number of nitrogen functional groups attached to an aromatic ring is 1. The van der Waals surface area contributed by atoms with Crippen LogP contribution in [0, 0.1) is 0 Å². The highest BCUT2D eigenvalue weighted by Gasteiger charge is 2.46. The molecule has 4 unspecified atom stereocenters. The maximum absolute atomic E-state index is 12.8. The molecule has 1 aliphatic heterocycles. The lowest BCUT2D eigenvalue weighted by atomic mass is 10.0. The Bertz CT molecular complexity index is 1460. The normalized spacial score (nSPS) is 20.4. The molecule has 356 valence electrons. The first-order valence-corrected chi connectivity index (χ1v) is 26.1. The van der Waals surface area contributed by atoms with Crippen molar-refractivity contribution in [3.63, 3.8) is 0 Å². The summed E-state index contributed by atoms with van der Waals surface area (Å²) in [6.07, 6.45) is 23.3. The van der Waals surface area contributed by atoms with Crippen LogP contribution in [0.3, 0.4) is 0 Å². The van der Waals surface area contributed by atoms with Crippen LogP contribution in [0.25, 0.3) is 0 Å². The number of aromatic nitrogens is 2. The number of rotatable bonds is 39. The van der Waals surface area contributed by atoms with E-state index in [9.17, 15) is 38.7 Å². The number of phosphoric ester groups is 2. The molecule has 0 aliphatic carbocycles. The van der Waals surface area contributed by atoms with Crippen LogP contribution in [0.15, 0.2) is 17.1 Å². The number of hydrogen-bond donors (Lipinski definition) is 5. The first kappa shape index (κ1) is 55.4. The van der Waals surface area contributed by atoms with Gasteiger partial charge in [0.05, 0.1) is 19.8 Å². The second-order valence-corrected chi connectivity index (χ2v) is 19.3. The Kier molecular flexibility index (Phi) is 29.8. The van der Waals surface area contributed by atoms with Gasteiger partial charge in [0.2, 0.25) is 0 Å². The Balaban J connectivity index is 1.79. The molecule has 2 rings (SSSR count). The smallest absolute Gasteiger partial charge is 0.457 e. The van der Waals surface area contributed by atoms with E-state index >= 15 is 0 Å². The van der Waals surface area contributed by atoms with E-state index < -0.39 is 71.2 Å². The summed E-state index contributed by atoms with van der Waals surface area (Å²) >= 11 is 0. The van der Waals surface area contributed by atoms with Gasteiger partial charge in [-0.05, 0) is 18.9 Å². The summed E-state index contributed by atoms with van der Waals surface area (Å²) < 4.78 is 57.3. The van der Waals surface area contributed by atoms with Crippen LogP contribution in [-0.4, -0.2) is 86.4 Å². The van der Waals surface area contributed by atoms with Gasteiger partial charge in [-0.15, -0.1) is 0 Å². The Morgan fingerprint density at radius 3 is 1.72 bits per heavy atom. The van der Waals surface area contributed by atoms with Crippen molar-refractivity contribution in [3.05, 3.63) is 22.7 Å². The number of carbonyl (C=O) groups excluding carboxylic acids is 1. The molecular formula is C42H79N3O14P2. The van der Waals surface area contributed by atoms with Gasteiger partial charge < -0.3 is 39.9 Å². The fourth-order valence-electron chi connectivity index (χ4n) is 7.15. The molecule has 0 radical (unpaired) electrons. The third-order valence-electron chi connectivity index (χ3n) is 10.7. The SMILES string of the molecule is CCCCCCCCCCCCCCCC(=O)OC(COCCCCCCCCCCCCCC)COP(=O)(O)OP(=O)(O)OC[C@H]1OC(n2ccc(N)nc2=O)[C@@H](O)[C@@H]1O. The molecule has 1 fully saturated rings. The quantitative estimate of drug-likeness (QED) is 0.0235. The van der Waals surface area contributed by atoms with Crippen molar-refractivity contribution in [1.29, 1.82) is 0 Å². The van der Waals surface area contributed by atoms with Crippen molar-refractivity contribution in [2.75, 3.05) is 32.2 Å². The molecule has 7 atom stereocenters. The molecule has 1 aromatic rings. The van der Waals surface area contributed by atoms with Gasteiger partial charge in [0.25, 0.3) is 0 Å². The van der Waals surface area contributed by atoms with Crippen molar-refractivity contribution in [2.45, 2.75) is 211 Å². The maximum atomic E-state index is 12.8. The topological polar surface area (TPSA) is 248 Å². The summed E-state index contributed by atoms with van der Waals surface area (Å²) in [7, 11) is -10.6. The van der Waals surface area contributed by atoms with E-state index in [4.69, 9.17) is 29.0 Å². The van der Waals surface area contributed by atoms with Gasteiger partial charge in [0.15, 0.2) is 6.23 Å². The van der Waals surface area contributed by atoms with Crippen LogP contribution in [0.5, 0.6) is 0 Å². The van der Waals surface area contributed by atoms with Crippen LogP contribution >= 0.6 is 15.6 Å². The first-order chi connectivity index (χ1) is 29.3. The molecule has 1 aromatic heterocycles. The third-order valence-corrected chi connectivity index (χ3v) is 13.3. The summed E-state index contributed by atoms with van der Waals surface area (Å²) in [6, 6.07) is 1.26. The zero-order valence-electron chi connectivity index (χ0n) is 37.0. The summed E-state index contributed by atoms with van der Waals surface area (Å²) in [4.78, 5) is 49.1. The van der Waals surface area contributed by atoms with Gasteiger partial charge >= 0.3 is 27.3 Å². The van der Waals surface area contributed by atoms with Crippen LogP contribution in [0.2, 0.25) is 0 Å². The highest BCUT2D eigenvalue weighted by atomic mass is 31.3. The lowest BCUT2D eigenvalue weighted by Gasteiger charge is -2.21. The maximum Gasteiger partial charge on any atom is 0.481 e. The Labute approximate surface area is 364 Å². The number of carbonyl (C=O) groups is 1. The van der Waals surface area contributed by atoms with Crippen molar-refractivity contribution in [1.82, 2.24) is 9.55 Å². The van der Waals surface area contributed by atoms with Crippen molar-refractivity contribution in [3.8, 4) is 0 Å². The predicted octanol–water partition coefficient (Wildman–Crippen LogP) is 8.81. The Morgan fingerprint density at radius 1 is 0.738 bits per heavy atom. The van der Waals surface area contributed by atoms with Gasteiger partial charge in [-0.25, -0.2) is 13.9 Å². The molecule has 17 nitrogen and oxygen atoms in total. The number of phosphoric acid groups is 2. The average molecular weight is 912 g/mol. The number of nitrogens with two attached hydrogens (primary N) is 1. The summed E-state index contributed by atoms with van der Waals surface area (Å²) in [5.74, 6) is -0.608. The van der Waals surface area contributed by atoms with E-state index in [0.29, 0.717) is 13.0 Å². The molecule has 1 aliphatic rings. The van der Waals surface area contributed by atoms with E-state index in [1.165, 1.54) is 121 Å². The highest BCUT2D eigenvalue weighted by molar-refractivity contribution is 7.61. The number of anilines is 1. The lowest BCUT2D eigenvalue weighted by molar-refractivity contribution is -0.154. The fraction of sp³-hybridized carbons (Fsp3) is 0.881. The predicted molar refractivity (Wildman–Crippen MR) is 234 cm³/mol. The second kappa shape index (κ2) is 32.8. The number of esters is 1. The number of ether oxygens (including phenoxy) is 3. The highest BCUT2D eigenvalue weighted by Crippen LogP contribution is 2.60. The van der Waals surface area contributed by atoms with E-state index in [-0.39, 0.29) is 18.8 Å². The lowest BCUT2D eigenvalue weighted by Crippen LogP contribution is -2.36. The van der Waals surface area contributed by atoms with Gasteiger partial charge in [0, 0.05) is 19.2 Å². The molecule has 1 saturated heterocycles.